The van der Waals surface area contributed by atoms with Gasteiger partial charge in [-0.3, -0.25) is 0 Å². The number of nitrogens with zero attached hydrogens (tertiary/aromatic N) is 2. The lowest BCUT2D eigenvalue weighted by Crippen LogP contribution is -2.52. The molecular formula is C20H24ClN3O. The van der Waals surface area contributed by atoms with Crippen molar-refractivity contribution in [3.05, 3.63) is 64.7 Å². The number of hydrogen-bond acceptors (Lipinski definition) is 2. The molecule has 2 amide bonds. The number of benzene rings is 2. The van der Waals surface area contributed by atoms with Gasteiger partial charge in [0.1, 0.15) is 0 Å². The average molecular weight is 358 g/mol. The van der Waals surface area contributed by atoms with Crippen LogP contribution < -0.4 is 10.2 Å². The van der Waals surface area contributed by atoms with Crippen molar-refractivity contribution in [1.82, 2.24) is 10.2 Å². The van der Waals surface area contributed by atoms with E-state index in [0.29, 0.717) is 6.54 Å². The molecule has 0 atom stereocenters. The van der Waals surface area contributed by atoms with E-state index in [1.807, 2.05) is 42.2 Å². The van der Waals surface area contributed by atoms with E-state index in [0.717, 1.165) is 48.9 Å². The van der Waals surface area contributed by atoms with E-state index in [1.54, 1.807) is 0 Å². The lowest BCUT2D eigenvalue weighted by Gasteiger charge is -2.36. The van der Waals surface area contributed by atoms with Crippen LogP contribution in [0.5, 0.6) is 0 Å². The minimum Gasteiger partial charge on any atom is -0.368 e. The summed E-state index contributed by atoms with van der Waals surface area (Å²) in [5, 5.41) is 3.81. The van der Waals surface area contributed by atoms with E-state index in [9.17, 15) is 4.79 Å². The Morgan fingerprint density at radius 2 is 1.76 bits per heavy atom. The van der Waals surface area contributed by atoms with E-state index in [-0.39, 0.29) is 6.03 Å². The number of carbonyl (C=O) groups excluding carboxylic acids is 1. The van der Waals surface area contributed by atoms with Crippen LogP contribution in [0, 0.1) is 6.92 Å². The molecule has 1 fully saturated rings. The highest BCUT2D eigenvalue weighted by atomic mass is 35.5. The smallest absolute Gasteiger partial charge is 0.317 e. The van der Waals surface area contributed by atoms with Crippen molar-refractivity contribution in [2.45, 2.75) is 13.3 Å². The normalized spacial score (nSPS) is 14.5. The molecule has 132 valence electrons. The van der Waals surface area contributed by atoms with Crippen molar-refractivity contribution in [2.75, 3.05) is 37.6 Å². The Kier molecular flexibility index (Phi) is 5.82. The fraction of sp³-hybridized carbons (Fsp3) is 0.350. The zero-order chi connectivity index (χ0) is 17.6. The van der Waals surface area contributed by atoms with Gasteiger partial charge in [-0.05, 0) is 36.6 Å². The van der Waals surface area contributed by atoms with Crippen LogP contribution in [0.2, 0.25) is 5.02 Å². The summed E-state index contributed by atoms with van der Waals surface area (Å²) in [5.74, 6) is 0. The number of amides is 2. The largest absolute Gasteiger partial charge is 0.368 e. The van der Waals surface area contributed by atoms with Crippen LogP contribution in [-0.2, 0) is 6.42 Å². The summed E-state index contributed by atoms with van der Waals surface area (Å²) in [6, 6.07) is 16.2. The Morgan fingerprint density at radius 1 is 1.04 bits per heavy atom. The molecule has 1 N–H and O–H groups in total. The molecule has 0 radical (unpaired) electrons. The Bertz CT molecular complexity index is 712. The maximum absolute atomic E-state index is 12.3. The van der Waals surface area contributed by atoms with E-state index < -0.39 is 0 Å². The number of piperazine rings is 1. The molecule has 0 aliphatic carbocycles. The molecule has 0 spiro atoms. The van der Waals surface area contributed by atoms with Gasteiger partial charge in [-0.25, -0.2) is 4.79 Å². The third kappa shape index (κ3) is 4.45. The zero-order valence-corrected chi connectivity index (χ0v) is 15.3. The number of urea groups is 1. The predicted octanol–water partition coefficient (Wildman–Crippen LogP) is 3.72. The summed E-state index contributed by atoms with van der Waals surface area (Å²) in [6.07, 6.45) is 0.855. The molecule has 2 aromatic carbocycles. The first-order chi connectivity index (χ1) is 12.1. The second-order valence-electron chi connectivity index (χ2n) is 6.33. The lowest BCUT2D eigenvalue weighted by atomic mass is 10.1. The lowest BCUT2D eigenvalue weighted by molar-refractivity contribution is 0.194. The first-order valence-corrected chi connectivity index (χ1v) is 9.10. The zero-order valence-electron chi connectivity index (χ0n) is 14.5. The third-order valence-electron chi connectivity index (χ3n) is 4.68. The highest BCUT2D eigenvalue weighted by Crippen LogP contribution is 2.27. The predicted molar refractivity (Wildman–Crippen MR) is 104 cm³/mol. The van der Waals surface area contributed by atoms with Gasteiger partial charge in [0.05, 0.1) is 0 Å². The second-order valence-corrected chi connectivity index (χ2v) is 6.73. The Labute approximate surface area is 154 Å². The quantitative estimate of drug-likeness (QED) is 0.905. The molecule has 0 unspecified atom stereocenters. The monoisotopic (exact) mass is 357 g/mol. The van der Waals surface area contributed by atoms with Crippen LogP contribution in [0.1, 0.15) is 11.1 Å². The molecule has 0 bridgehead atoms. The number of rotatable bonds is 4. The molecule has 0 aromatic heterocycles. The van der Waals surface area contributed by atoms with Crippen molar-refractivity contribution < 1.29 is 4.79 Å². The van der Waals surface area contributed by atoms with Gasteiger partial charge >= 0.3 is 6.03 Å². The first-order valence-electron chi connectivity index (χ1n) is 8.72. The molecule has 3 rings (SSSR count). The van der Waals surface area contributed by atoms with Crippen molar-refractivity contribution >= 4 is 23.3 Å². The van der Waals surface area contributed by atoms with E-state index in [2.05, 4.69) is 28.4 Å². The van der Waals surface area contributed by atoms with Gasteiger partial charge in [0.25, 0.3) is 0 Å². The number of halogens is 1. The van der Waals surface area contributed by atoms with Gasteiger partial charge < -0.3 is 15.1 Å². The number of carbonyl (C=O) groups is 1. The highest BCUT2D eigenvalue weighted by Gasteiger charge is 2.22. The van der Waals surface area contributed by atoms with Gasteiger partial charge in [0.2, 0.25) is 0 Å². The Balaban J connectivity index is 1.47. The van der Waals surface area contributed by atoms with Crippen LogP contribution in [0.4, 0.5) is 10.5 Å². The standard InChI is InChI=1S/C20H24ClN3O/c1-16-18(21)8-5-9-19(16)23-12-14-24(15-13-23)20(25)22-11-10-17-6-3-2-4-7-17/h2-9H,10-15H2,1H3,(H,22,25). The van der Waals surface area contributed by atoms with Gasteiger partial charge in [-0.1, -0.05) is 48.0 Å². The van der Waals surface area contributed by atoms with Crippen LogP contribution in [0.25, 0.3) is 0 Å². The van der Waals surface area contributed by atoms with Crippen LogP contribution in [-0.4, -0.2) is 43.7 Å². The summed E-state index contributed by atoms with van der Waals surface area (Å²) in [6.45, 7) is 5.81. The Hall–Kier alpha value is -2.20. The summed E-state index contributed by atoms with van der Waals surface area (Å²) < 4.78 is 0. The fourth-order valence-electron chi connectivity index (χ4n) is 3.16. The molecule has 1 aliphatic heterocycles. The fourth-order valence-corrected chi connectivity index (χ4v) is 3.33. The Morgan fingerprint density at radius 3 is 2.48 bits per heavy atom. The second kappa shape index (κ2) is 8.26. The molecule has 2 aromatic rings. The van der Waals surface area contributed by atoms with Crippen molar-refractivity contribution in [3.8, 4) is 0 Å². The molecule has 1 saturated heterocycles. The maximum Gasteiger partial charge on any atom is 0.317 e. The molecule has 5 heteroatoms. The molecule has 4 nitrogen and oxygen atoms in total. The summed E-state index contributed by atoms with van der Waals surface area (Å²) >= 11 is 6.22. The van der Waals surface area contributed by atoms with Crippen LogP contribution in [0.15, 0.2) is 48.5 Å². The van der Waals surface area contributed by atoms with Crippen LogP contribution in [0.3, 0.4) is 0 Å². The SMILES string of the molecule is Cc1c(Cl)cccc1N1CCN(C(=O)NCCc2ccccc2)CC1. The molecule has 1 heterocycles. The first kappa shape index (κ1) is 17.6. The van der Waals surface area contributed by atoms with E-state index in [4.69, 9.17) is 11.6 Å². The minimum absolute atomic E-state index is 0.0263. The number of anilines is 1. The molecule has 25 heavy (non-hydrogen) atoms. The number of nitrogens with one attached hydrogen (secondary N) is 1. The van der Waals surface area contributed by atoms with Gasteiger partial charge in [-0.2, -0.15) is 0 Å². The topological polar surface area (TPSA) is 35.6 Å². The van der Waals surface area contributed by atoms with Crippen molar-refractivity contribution in [3.63, 3.8) is 0 Å². The van der Waals surface area contributed by atoms with E-state index in [1.165, 1.54) is 5.56 Å². The highest BCUT2D eigenvalue weighted by molar-refractivity contribution is 6.31. The van der Waals surface area contributed by atoms with Gasteiger partial charge in [0.15, 0.2) is 0 Å². The van der Waals surface area contributed by atoms with Crippen molar-refractivity contribution in [1.29, 1.82) is 0 Å². The van der Waals surface area contributed by atoms with Gasteiger partial charge in [0, 0.05) is 43.4 Å². The summed E-state index contributed by atoms with van der Waals surface area (Å²) in [4.78, 5) is 16.5. The van der Waals surface area contributed by atoms with Crippen LogP contribution >= 0.6 is 11.6 Å². The molecular weight excluding hydrogens is 334 g/mol. The summed E-state index contributed by atoms with van der Waals surface area (Å²) in [7, 11) is 0. The van der Waals surface area contributed by atoms with E-state index >= 15 is 0 Å². The number of hydrogen-bond donors (Lipinski definition) is 1. The molecule has 1 aliphatic rings. The summed E-state index contributed by atoms with van der Waals surface area (Å²) in [5.41, 5.74) is 3.51. The van der Waals surface area contributed by atoms with Crippen molar-refractivity contribution in [2.24, 2.45) is 0 Å². The third-order valence-corrected chi connectivity index (χ3v) is 5.09. The van der Waals surface area contributed by atoms with Gasteiger partial charge in [-0.15, -0.1) is 0 Å². The average Bonchev–Trinajstić information content (AvgIpc) is 2.65. The minimum atomic E-state index is 0.0263. The molecule has 0 saturated carbocycles. The maximum atomic E-state index is 12.3.